The molecular weight excluding hydrogens is 276 g/mol. The van der Waals surface area contributed by atoms with E-state index >= 15 is 0 Å². The van der Waals surface area contributed by atoms with E-state index in [1.54, 1.807) is 11.6 Å². The minimum atomic E-state index is -0.326. The van der Waals surface area contributed by atoms with Crippen molar-refractivity contribution in [3.8, 4) is 0 Å². The van der Waals surface area contributed by atoms with Crippen molar-refractivity contribution in [2.45, 2.75) is 57.4 Å². The van der Waals surface area contributed by atoms with Gasteiger partial charge in [0.25, 0.3) is 0 Å². The lowest BCUT2D eigenvalue weighted by Crippen LogP contribution is -2.35. The van der Waals surface area contributed by atoms with E-state index in [4.69, 9.17) is 0 Å². The van der Waals surface area contributed by atoms with Gasteiger partial charge in [-0.1, -0.05) is 12.8 Å². The zero-order chi connectivity index (χ0) is 14.7. The molecule has 112 valence electrons. The van der Waals surface area contributed by atoms with Gasteiger partial charge in [0.05, 0.1) is 4.92 Å². The lowest BCUT2D eigenvalue weighted by atomic mass is 9.95. The van der Waals surface area contributed by atoms with E-state index in [2.05, 4.69) is 16.7 Å². The Balaban J connectivity index is 2.29. The fourth-order valence-corrected chi connectivity index (χ4v) is 3.82. The summed E-state index contributed by atoms with van der Waals surface area (Å²) in [4.78, 5) is 10.9. The van der Waals surface area contributed by atoms with Crippen LogP contribution in [-0.4, -0.2) is 32.3 Å². The van der Waals surface area contributed by atoms with E-state index in [9.17, 15) is 10.1 Å². The van der Waals surface area contributed by atoms with Crippen LogP contribution < -0.4 is 5.32 Å². The van der Waals surface area contributed by atoms with Gasteiger partial charge < -0.3 is 5.32 Å². The second kappa shape index (κ2) is 6.47. The Labute approximate surface area is 123 Å². The van der Waals surface area contributed by atoms with Gasteiger partial charge in [0.2, 0.25) is 5.82 Å². The van der Waals surface area contributed by atoms with Crippen LogP contribution in [0.4, 0.5) is 11.5 Å². The largest absolute Gasteiger partial charge is 0.361 e. The number of rotatable bonds is 5. The summed E-state index contributed by atoms with van der Waals surface area (Å²) < 4.78 is 1.71. The number of nitro groups is 1. The highest BCUT2D eigenvalue weighted by Crippen LogP contribution is 2.34. The van der Waals surface area contributed by atoms with Gasteiger partial charge in [-0.15, -0.1) is 0 Å². The summed E-state index contributed by atoms with van der Waals surface area (Å²) in [5, 5.41) is 19.5. The standard InChI is InChI=1S/C13H22N4O2S/c1-4-16-13(12(17(18)19)9(2)15-16)14-10-7-5-6-8-11(10)20-3/h10-11,14H,4-8H2,1-3H3. The molecule has 2 rings (SSSR count). The molecule has 1 saturated carbocycles. The molecule has 0 aromatic carbocycles. The number of nitrogens with zero attached hydrogens (tertiary/aromatic N) is 3. The zero-order valence-electron chi connectivity index (χ0n) is 12.3. The number of anilines is 1. The topological polar surface area (TPSA) is 73.0 Å². The van der Waals surface area contributed by atoms with Crippen molar-refractivity contribution >= 4 is 23.3 Å². The molecule has 1 aromatic rings. The Bertz CT molecular complexity index is 489. The quantitative estimate of drug-likeness (QED) is 0.667. The average molecular weight is 298 g/mol. The van der Waals surface area contributed by atoms with E-state index in [1.165, 1.54) is 19.3 Å². The number of hydrogen-bond acceptors (Lipinski definition) is 5. The monoisotopic (exact) mass is 298 g/mol. The maximum atomic E-state index is 11.3. The molecule has 1 aliphatic rings. The molecule has 1 fully saturated rings. The predicted octanol–water partition coefficient (Wildman–Crippen LogP) is 3.21. The second-order valence-corrected chi connectivity index (χ2v) is 6.24. The third-order valence-corrected chi connectivity index (χ3v) is 5.08. The van der Waals surface area contributed by atoms with Crippen molar-refractivity contribution in [2.24, 2.45) is 0 Å². The van der Waals surface area contributed by atoms with Gasteiger partial charge in [-0.2, -0.15) is 16.9 Å². The molecule has 0 amide bonds. The van der Waals surface area contributed by atoms with Crippen LogP contribution in [0.3, 0.4) is 0 Å². The van der Waals surface area contributed by atoms with E-state index in [0.717, 1.165) is 6.42 Å². The molecule has 0 saturated heterocycles. The first kappa shape index (κ1) is 15.2. The van der Waals surface area contributed by atoms with E-state index in [-0.39, 0.29) is 10.6 Å². The summed E-state index contributed by atoms with van der Waals surface area (Å²) in [6.45, 7) is 4.28. The minimum Gasteiger partial charge on any atom is -0.361 e. The van der Waals surface area contributed by atoms with E-state index in [0.29, 0.717) is 29.3 Å². The molecule has 0 radical (unpaired) electrons. The molecule has 1 aliphatic carbocycles. The van der Waals surface area contributed by atoms with E-state index in [1.807, 2.05) is 18.7 Å². The van der Waals surface area contributed by atoms with E-state index < -0.39 is 0 Å². The fourth-order valence-electron chi connectivity index (χ4n) is 2.88. The van der Waals surface area contributed by atoms with Gasteiger partial charge in [-0.25, -0.2) is 4.68 Å². The van der Waals surface area contributed by atoms with Gasteiger partial charge in [0.1, 0.15) is 5.69 Å². The Morgan fingerprint density at radius 1 is 1.50 bits per heavy atom. The van der Waals surface area contributed by atoms with Gasteiger partial charge in [0, 0.05) is 17.8 Å². The number of hydrogen-bond donors (Lipinski definition) is 1. The van der Waals surface area contributed by atoms with Crippen LogP contribution in [0.2, 0.25) is 0 Å². The van der Waals surface area contributed by atoms with Crippen molar-refractivity contribution in [1.82, 2.24) is 9.78 Å². The molecule has 1 aromatic heterocycles. The molecular formula is C13H22N4O2S. The normalized spacial score (nSPS) is 22.8. The number of aromatic nitrogens is 2. The summed E-state index contributed by atoms with van der Waals surface area (Å²) in [7, 11) is 0. The molecule has 6 nitrogen and oxygen atoms in total. The van der Waals surface area contributed by atoms with Crippen LogP contribution in [0.5, 0.6) is 0 Å². The molecule has 0 spiro atoms. The van der Waals surface area contributed by atoms with Crippen molar-refractivity contribution in [3.05, 3.63) is 15.8 Å². The number of thioether (sulfide) groups is 1. The van der Waals surface area contributed by atoms with Crippen molar-refractivity contribution in [2.75, 3.05) is 11.6 Å². The van der Waals surface area contributed by atoms with Gasteiger partial charge in [0.15, 0.2) is 0 Å². The molecule has 2 unspecified atom stereocenters. The van der Waals surface area contributed by atoms with Gasteiger partial charge >= 0.3 is 5.69 Å². The highest BCUT2D eigenvalue weighted by atomic mass is 32.2. The lowest BCUT2D eigenvalue weighted by Gasteiger charge is -2.31. The average Bonchev–Trinajstić information content (AvgIpc) is 2.75. The van der Waals surface area contributed by atoms with Gasteiger partial charge in [-0.3, -0.25) is 10.1 Å². The molecule has 0 aliphatic heterocycles. The first-order chi connectivity index (χ1) is 9.58. The molecule has 1 N–H and O–H groups in total. The molecule has 20 heavy (non-hydrogen) atoms. The fraction of sp³-hybridized carbons (Fsp3) is 0.769. The van der Waals surface area contributed by atoms with Crippen molar-refractivity contribution < 1.29 is 4.92 Å². The van der Waals surface area contributed by atoms with Crippen LogP contribution >= 0.6 is 11.8 Å². The van der Waals surface area contributed by atoms with Crippen LogP contribution in [0.25, 0.3) is 0 Å². The highest BCUT2D eigenvalue weighted by molar-refractivity contribution is 7.99. The number of nitrogens with one attached hydrogen (secondary N) is 1. The summed E-state index contributed by atoms with van der Waals surface area (Å²) in [6.07, 6.45) is 6.78. The smallest absolute Gasteiger partial charge is 0.333 e. The van der Waals surface area contributed by atoms with Crippen LogP contribution in [-0.2, 0) is 6.54 Å². The van der Waals surface area contributed by atoms with Crippen molar-refractivity contribution in [3.63, 3.8) is 0 Å². The number of aryl methyl sites for hydroxylation is 2. The van der Waals surface area contributed by atoms with Crippen molar-refractivity contribution in [1.29, 1.82) is 0 Å². The predicted molar refractivity (Wildman–Crippen MR) is 82.5 cm³/mol. The van der Waals surface area contributed by atoms with Gasteiger partial charge in [-0.05, 0) is 32.9 Å². The SMILES string of the molecule is CCn1nc(C)c([N+](=O)[O-])c1NC1CCCCC1SC. The Morgan fingerprint density at radius 3 is 2.80 bits per heavy atom. The molecule has 7 heteroatoms. The summed E-state index contributed by atoms with van der Waals surface area (Å²) in [6, 6.07) is 0.291. The summed E-state index contributed by atoms with van der Waals surface area (Å²) >= 11 is 1.85. The molecule has 1 heterocycles. The Hall–Kier alpha value is -1.24. The zero-order valence-corrected chi connectivity index (χ0v) is 13.1. The second-order valence-electron chi connectivity index (χ2n) is 5.16. The highest BCUT2D eigenvalue weighted by Gasteiger charge is 2.30. The maximum Gasteiger partial charge on any atom is 0.333 e. The van der Waals surface area contributed by atoms with Crippen LogP contribution in [0.1, 0.15) is 38.3 Å². The third kappa shape index (κ3) is 2.92. The first-order valence-electron chi connectivity index (χ1n) is 7.09. The summed E-state index contributed by atoms with van der Waals surface area (Å²) in [5.74, 6) is 0.570. The molecule has 0 bridgehead atoms. The third-order valence-electron chi connectivity index (χ3n) is 3.91. The first-order valence-corrected chi connectivity index (χ1v) is 8.38. The lowest BCUT2D eigenvalue weighted by molar-refractivity contribution is -0.384. The maximum absolute atomic E-state index is 11.3. The molecule has 2 atom stereocenters. The Morgan fingerprint density at radius 2 is 2.20 bits per heavy atom. The summed E-state index contributed by atoms with van der Waals surface area (Å²) in [5.41, 5.74) is 0.605. The Kier molecular flexibility index (Phi) is 4.91. The minimum absolute atomic E-state index is 0.122. The van der Waals surface area contributed by atoms with Crippen LogP contribution in [0, 0.1) is 17.0 Å². The van der Waals surface area contributed by atoms with Crippen LogP contribution in [0.15, 0.2) is 0 Å².